The first kappa shape index (κ1) is 11.6. The lowest BCUT2D eigenvalue weighted by molar-refractivity contribution is 0.103. The van der Waals surface area contributed by atoms with Crippen molar-refractivity contribution in [3.05, 3.63) is 71.4 Å². The number of H-pyrrole nitrogens is 1. The van der Waals surface area contributed by atoms with E-state index in [4.69, 9.17) is 0 Å². The Hall–Kier alpha value is -2.49. The summed E-state index contributed by atoms with van der Waals surface area (Å²) in [4.78, 5) is 15.1. The van der Waals surface area contributed by atoms with E-state index in [2.05, 4.69) is 4.98 Å². The molecule has 4 heteroatoms. The van der Waals surface area contributed by atoms with Gasteiger partial charge in [-0.05, 0) is 30.3 Å². The van der Waals surface area contributed by atoms with Crippen molar-refractivity contribution in [1.29, 1.82) is 0 Å². The molecule has 2 nitrogen and oxygen atoms in total. The van der Waals surface area contributed by atoms with Crippen molar-refractivity contribution in [1.82, 2.24) is 4.98 Å². The Kier molecular flexibility index (Phi) is 2.63. The molecule has 0 radical (unpaired) electrons. The SMILES string of the molecule is O=C(c1ccccc1F)c1c[nH]c2ccc(F)cc12. The highest BCUT2D eigenvalue weighted by Gasteiger charge is 2.17. The Morgan fingerprint density at radius 1 is 1.00 bits per heavy atom. The van der Waals surface area contributed by atoms with Crippen molar-refractivity contribution in [3.63, 3.8) is 0 Å². The molecular weight excluding hydrogens is 248 g/mol. The number of fused-ring (bicyclic) bond motifs is 1. The van der Waals surface area contributed by atoms with Gasteiger partial charge in [0.2, 0.25) is 0 Å². The molecule has 3 rings (SSSR count). The van der Waals surface area contributed by atoms with Crippen molar-refractivity contribution in [2.24, 2.45) is 0 Å². The molecule has 0 aliphatic rings. The van der Waals surface area contributed by atoms with Gasteiger partial charge in [0.1, 0.15) is 11.6 Å². The van der Waals surface area contributed by atoms with Crippen molar-refractivity contribution in [2.75, 3.05) is 0 Å². The second kappa shape index (κ2) is 4.31. The van der Waals surface area contributed by atoms with Crippen LogP contribution >= 0.6 is 0 Å². The zero-order valence-corrected chi connectivity index (χ0v) is 9.78. The zero-order chi connectivity index (χ0) is 13.4. The standard InChI is InChI=1S/C15H9F2NO/c16-9-5-6-14-11(7-9)12(8-18-14)15(19)10-3-1-2-4-13(10)17/h1-8,18H. The highest BCUT2D eigenvalue weighted by Crippen LogP contribution is 2.23. The monoisotopic (exact) mass is 257 g/mol. The van der Waals surface area contributed by atoms with Crippen LogP contribution in [0.5, 0.6) is 0 Å². The van der Waals surface area contributed by atoms with Crippen LogP contribution in [0.15, 0.2) is 48.7 Å². The molecule has 1 aromatic heterocycles. The molecule has 0 saturated heterocycles. The maximum atomic E-state index is 13.6. The van der Waals surface area contributed by atoms with Gasteiger partial charge >= 0.3 is 0 Å². The summed E-state index contributed by atoms with van der Waals surface area (Å²) in [5.41, 5.74) is 0.883. The minimum atomic E-state index is -0.585. The fourth-order valence-electron chi connectivity index (χ4n) is 2.07. The Morgan fingerprint density at radius 2 is 1.79 bits per heavy atom. The highest BCUT2D eigenvalue weighted by atomic mass is 19.1. The maximum absolute atomic E-state index is 13.6. The van der Waals surface area contributed by atoms with Crippen LogP contribution in [-0.4, -0.2) is 10.8 Å². The number of hydrogen-bond donors (Lipinski definition) is 1. The zero-order valence-electron chi connectivity index (χ0n) is 9.78. The molecule has 0 saturated carbocycles. The maximum Gasteiger partial charge on any atom is 0.198 e. The lowest BCUT2D eigenvalue weighted by atomic mass is 10.0. The first-order chi connectivity index (χ1) is 9.16. The fraction of sp³-hybridized carbons (Fsp3) is 0. The molecule has 19 heavy (non-hydrogen) atoms. The summed E-state index contributed by atoms with van der Waals surface area (Å²) in [7, 11) is 0. The molecule has 1 heterocycles. The quantitative estimate of drug-likeness (QED) is 0.698. The van der Waals surface area contributed by atoms with Crippen LogP contribution in [0.25, 0.3) is 10.9 Å². The van der Waals surface area contributed by atoms with E-state index in [1.807, 2.05) is 0 Å². The van der Waals surface area contributed by atoms with Crippen LogP contribution in [0, 0.1) is 11.6 Å². The van der Waals surface area contributed by atoms with E-state index < -0.39 is 17.4 Å². The Bertz CT molecular complexity index is 777. The van der Waals surface area contributed by atoms with Gasteiger partial charge < -0.3 is 4.98 Å². The fourth-order valence-corrected chi connectivity index (χ4v) is 2.07. The summed E-state index contributed by atoms with van der Waals surface area (Å²) < 4.78 is 26.8. The number of carbonyl (C=O) groups is 1. The van der Waals surface area contributed by atoms with Gasteiger partial charge in [-0.15, -0.1) is 0 Å². The van der Waals surface area contributed by atoms with Crippen molar-refractivity contribution in [2.45, 2.75) is 0 Å². The molecule has 0 atom stereocenters. The van der Waals surface area contributed by atoms with Crippen molar-refractivity contribution >= 4 is 16.7 Å². The molecule has 0 aliphatic carbocycles. The third-order valence-corrected chi connectivity index (χ3v) is 3.01. The molecule has 2 aromatic carbocycles. The lowest BCUT2D eigenvalue weighted by Gasteiger charge is -2.01. The van der Waals surface area contributed by atoms with Gasteiger partial charge in [-0.1, -0.05) is 12.1 Å². The summed E-state index contributed by atoms with van der Waals surface area (Å²) >= 11 is 0. The Labute approximate surface area is 107 Å². The average molecular weight is 257 g/mol. The van der Waals surface area contributed by atoms with Crippen molar-refractivity contribution < 1.29 is 13.6 Å². The van der Waals surface area contributed by atoms with Gasteiger partial charge in [0.15, 0.2) is 5.78 Å². The third-order valence-electron chi connectivity index (χ3n) is 3.01. The van der Waals surface area contributed by atoms with Gasteiger partial charge in [-0.3, -0.25) is 4.79 Å². The predicted molar refractivity (Wildman–Crippen MR) is 68.1 cm³/mol. The first-order valence-electron chi connectivity index (χ1n) is 5.72. The van der Waals surface area contributed by atoms with E-state index in [1.165, 1.54) is 36.5 Å². The number of nitrogens with one attached hydrogen (secondary N) is 1. The number of carbonyl (C=O) groups excluding carboxylic acids is 1. The summed E-state index contributed by atoms with van der Waals surface area (Å²) in [6.45, 7) is 0. The molecule has 0 aliphatic heterocycles. The number of aromatic amines is 1. The van der Waals surface area contributed by atoms with E-state index in [0.29, 0.717) is 10.9 Å². The van der Waals surface area contributed by atoms with Crippen LogP contribution in [0.3, 0.4) is 0 Å². The normalized spacial score (nSPS) is 10.8. The van der Waals surface area contributed by atoms with Crippen molar-refractivity contribution in [3.8, 4) is 0 Å². The van der Waals surface area contributed by atoms with Gasteiger partial charge in [-0.25, -0.2) is 8.78 Å². The number of halogens is 2. The third kappa shape index (κ3) is 1.91. The summed E-state index contributed by atoms with van der Waals surface area (Å²) in [5, 5.41) is 0.452. The van der Waals surface area contributed by atoms with Gasteiger partial charge in [0.05, 0.1) is 5.56 Å². The van der Waals surface area contributed by atoms with E-state index in [1.54, 1.807) is 12.1 Å². The number of rotatable bonds is 2. The molecule has 0 amide bonds. The summed E-state index contributed by atoms with van der Waals surface area (Å²) in [6, 6.07) is 9.85. The molecule has 3 aromatic rings. The smallest absolute Gasteiger partial charge is 0.198 e. The lowest BCUT2D eigenvalue weighted by Crippen LogP contribution is -2.03. The summed E-state index contributed by atoms with van der Waals surface area (Å²) in [6.07, 6.45) is 1.47. The molecule has 0 bridgehead atoms. The predicted octanol–water partition coefficient (Wildman–Crippen LogP) is 3.68. The van der Waals surface area contributed by atoms with Gasteiger partial charge in [0, 0.05) is 22.7 Å². The van der Waals surface area contributed by atoms with Crippen LogP contribution < -0.4 is 0 Å². The van der Waals surface area contributed by atoms with E-state index in [0.717, 1.165) is 0 Å². The minimum Gasteiger partial charge on any atom is -0.360 e. The minimum absolute atomic E-state index is 0.0207. The second-order valence-electron chi connectivity index (χ2n) is 4.20. The van der Waals surface area contributed by atoms with E-state index in [9.17, 15) is 13.6 Å². The number of hydrogen-bond acceptors (Lipinski definition) is 1. The average Bonchev–Trinajstić information content (AvgIpc) is 2.81. The van der Waals surface area contributed by atoms with Crippen LogP contribution in [0.2, 0.25) is 0 Å². The molecule has 0 unspecified atom stereocenters. The molecule has 1 N–H and O–H groups in total. The largest absolute Gasteiger partial charge is 0.360 e. The molecule has 0 fully saturated rings. The molecule has 94 valence electrons. The van der Waals surface area contributed by atoms with Crippen LogP contribution in [0.4, 0.5) is 8.78 Å². The Morgan fingerprint density at radius 3 is 2.58 bits per heavy atom. The van der Waals surface area contributed by atoms with E-state index in [-0.39, 0.29) is 11.1 Å². The topological polar surface area (TPSA) is 32.9 Å². The molecule has 0 spiro atoms. The summed E-state index contributed by atoms with van der Waals surface area (Å²) in [5.74, 6) is -1.48. The molecular formula is C15H9F2NO. The number of benzene rings is 2. The Balaban J connectivity index is 2.17. The number of ketones is 1. The highest BCUT2D eigenvalue weighted by molar-refractivity contribution is 6.16. The second-order valence-corrected chi connectivity index (χ2v) is 4.20. The van der Waals surface area contributed by atoms with Gasteiger partial charge in [-0.2, -0.15) is 0 Å². The van der Waals surface area contributed by atoms with Gasteiger partial charge in [0.25, 0.3) is 0 Å². The van der Waals surface area contributed by atoms with Crippen LogP contribution in [0.1, 0.15) is 15.9 Å². The first-order valence-corrected chi connectivity index (χ1v) is 5.72. The van der Waals surface area contributed by atoms with Crippen LogP contribution in [-0.2, 0) is 0 Å². The number of aromatic nitrogens is 1. The van der Waals surface area contributed by atoms with E-state index >= 15 is 0 Å².